The molecule has 2 heterocycles. The SMILES string of the molecule is CCN(C)[C@@H](CSC)c1ccc(-c2ccc3ncnc(Nc4ccc(OCc5cccc(F)c5)c(Cl)c4)c3c2)o1. The Labute approximate surface area is 242 Å². The van der Waals surface area contributed by atoms with Crippen LogP contribution in [0.2, 0.25) is 5.02 Å². The van der Waals surface area contributed by atoms with Crippen molar-refractivity contribution in [1.82, 2.24) is 14.9 Å². The van der Waals surface area contributed by atoms with Crippen molar-refractivity contribution in [1.29, 1.82) is 0 Å². The van der Waals surface area contributed by atoms with Crippen LogP contribution in [0.5, 0.6) is 5.75 Å². The van der Waals surface area contributed by atoms with Crippen molar-refractivity contribution >= 4 is 45.8 Å². The lowest BCUT2D eigenvalue weighted by atomic mass is 10.1. The van der Waals surface area contributed by atoms with Crippen LogP contribution < -0.4 is 10.1 Å². The first kappa shape index (κ1) is 28.0. The minimum atomic E-state index is -0.302. The first-order chi connectivity index (χ1) is 19.4. The van der Waals surface area contributed by atoms with E-state index in [0.29, 0.717) is 16.6 Å². The number of halogens is 2. The molecule has 0 unspecified atom stereocenters. The smallest absolute Gasteiger partial charge is 0.141 e. The molecule has 0 saturated carbocycles. The highest BCUT2D eigenvalue weighted by molar-refractivity contribution is 7.98. The number of anilines is 2. The predicted octanol–water partition coefficient (Wildman–Crippen LogP) is 8.36. The van der Waals surface area contributed by atoms with E-state index in [9.17, 15) is 4.39 Å². The first-order valence-corrected chi connectivity index (χ1v) is 14.7. The number of thioether (sulfide) groups is 1. The van der Waals surface area contributed by atoms with Crippen LogP contribution in [0.3, 0.4) is 0 Å². The number of aromatic nitrogens is 2. The Morgan fingerprint density at radius 2 is 1.95 bits per heavy atom. The number of ether oxygens (including phenoxy) is 1. The monoisotopic (exact) mass is 576 g/mol. The van der Waals surface area contributed by atoms with Crippen molar-refractivity contribution in [2.24, 2.45) is 0 Å². The Kier molecular flexibility index (Phi) is 8.89. The van der Waals surface area contributed by atoms with Crippen LogP contribution in [0.15, 0.2) is 83.5 Å². The number of fused-ring (bicyclic) bond motifs is 1. The summed E-state index contributed by atoms with van der Waals surface area (Å²) in [4.78, 5) is 11.2. The van der Waals surface area contributed by atoms with Gasteiger partial charge in [-0.1, -0.05) is 30.7 Å². The Balaban J connectivity index is 1.36. The maximum atomic E-state index is 13.5. The maximum Gasteiger partial charge on any atom is 0.141 e. The second kappa shape index (κ2) is 12.7. The van der Waals surface area contributed by atoms with Crippen LogP contribution in [-0.4, -0.2) is 40.5 Å². The molecule has 40 heavy (non-hydrogen) atoms. The lowest BCUT2D eigenvalue weighted by Gasteiger charge is -2.24. The van der Waals surface area contributed by atoms with E-state index in [2.05, 4.69) is 46.5 Å². The average molecular weight is 577 g/mol. The lowest BCUT2D eigenvalue weighted by Crippen LogP contribution is -2.25. The molecule has 0 aliphatic carbocycles. The largest absolute Gasteiger partial charge is 0.487 e. The summed E-state index contributed by atoms with van der Waals surface area (Å²) in [5, 5.41) is 4.64. The zero-order chi connectivity index (χ0) is 28.1. The van der Waals surface area contributed by atoms with E-state index in [-0.39, 0.29) is 18.5 Å². The topological polar surface area (TPSA) is 63.4 Å². The second-order valence-corrected chi connectivity index (χ2v) is 10.7. The van der Waals surface area contributed by atoms with Gasteiger partial charge in [0.1, 0.15) is 41.8 Å². The van der Waals surface area contributed by atoms with Gasteiger partial charge in [-0.2, -0.15) is 11.8 Å². The number of hydrogen-bond acceptors (Lipinski definition) is 7. The van der Waals surface area contributed by atoms with Crippen LogP contribution in [0, 0.1) is 5.82 Å². The summed E-state index contributed by atoms with van der Waals surface area (Å²) in [7, 11) is 2.11. The fraction of sp³-hybridized carbons (Fsp3) is 0.226. The maximum absolute atomic E-state index is 13.5. The Bertz CT molecular complexity index is 1610. The molecule has 5 aromatic rings. The van der Waals surface area contributed by atoms with Gasteiger partial charge in [0.25, 0.3) is 0 Å². The van der Waals surface area contributed by atoms with Crippen molar-refractivity contribution in [3.8, 4) is 17.1 Å². The zero-order valence-corrected chi connectivity index (χ0v) is 24.1. The number of nitrogens with zero attached hydrogens (tertiary/aromatic N) is 3. The van der Waals surface area contributed by atoms with Crippen LogP contribution in [-0.2, 0) is 6.61 Å². The molecule has 0 fully saturated rings. The summed E-state index contributed by atoms with van der Waals surface area (Å²) >= 11 is 8.31. The fourth-order valence-corrected chi connectivity index (χ4v) is 5.39. The molecule has 0 aliphatic rings. The van der Waals surface area contributed by atoms with Gasteiger partial charge in [-0.05, 0) is 86.1 Å². The van der Waals surface area contributed by atoms with E-state index in [0.717, 1.165) is 51.5 Å². The van der Waals surface area contributed by atoms with E-state index < -0.39 is 0 Å². The third kappa shape index (κ3) is 6.41. The van der Waals surface area contributed by atoms with Gasteiger partial charge < -0.3 is 14.5 Å². The fourth-order valence-electron chi connectivity index (χ4n) is 4.42. The molecule has 9 heteroatoms. The number of hydrogen-bond donors (Lipinski definition) is 1. The summed E-state index contributed by atoms with van der Waals surface area (Å²) < 4.78 is 25.6. The molecule has 6 nitrogen and oxygen atoms in total. The molecule has 2 aromatic heterocycles. The van der Waals surface area contributed by atoms with Crippen molar-refractivity contribution in [2.45, 2.75) is 19.6 Å². The Hall–Kier alpha value is -3.59. The van der Waals surface area contributed by atoms with Crippen molar-refractivity contribution in [3.63, 3.8) is 0 Å². The molecule has 0 bridgehead atoms. The van der Waals surface area contributed by atoms with E-state index in [1.165, 1.54) is 18.5 Å². The van der Waals surface area contributed by atoms with Gasteiger partial charge >= 0.3 is 0 Å². The highest BCUT2D eigenvalue weighted by Crippen LogP contribution is 2.34. The highest BCUT2D eigenvalue weighted by atomic mass is 35.5. The van der Waals surface area contributed by atoms with E-state index >= 15 is 0 Å². The molecule has 0 saturated heterocycles. The molecule has 0 radical (unpaired) electrons. The molecule has 1 N–H and O–H groups in total. The van der Waals surface area contributed by atoms with Gasteiger partial charge in [-0.25, -0.2) is 14.4 Å². The Morgan fingerprint density at radius 1 is 1.07 bits per heavy atom. The molecule has 0 spiro atoms. The molecule has 1 atom stereocenters. The van der Waals surface area contributed by atoms with Crippen molar-refractivity contribution in [3.05, 3.63) is 101 Å². The molecule has 206 valence electrons. The van der Waals surface area contributed by atoms with E-state index in [1.54, 1.807) is 36.0 Å². The first-order valence-electron chi connectivity index (χ1n) is 12.9. The highest BCUT2D eigenvalue weighted by Gasteiger charge is 2.20. The van der Waals surface area contributed by atoms with Crippen LogP contribution >= 0.6 is 23.4 Å². The van der Waals surface area contributed by atoms with Gasteiger partial charge in [0.15, 0.2) is 0 Å². The van der Waals surface area contributed by atoms with Gasteiger partial charge in [0, 0.05) is 22.4 Å². The predicted molar refractivity (Wildman–Crippen MR) is 162 cm³/mol. The number of rotatable bonds is 11. The summed E-state index contributed by atoms with van der Waals surface area (Å²) in [6.07, 6.45) is 3.64. The summed E-state index contributed by atoms with van der Waals surface area (Å²) in [6.45, 7) is 3.30. The lowest BCUT2D eigenvalue weighted by molar-refractivity contribution is 0.248. The van der Waals surface area contributed by atoms with Crippen molar-refractivity contribution < 1.29 is 13.5 Å². The van der Waals surface area contributed by atoms with Crippen LogP contribution in [0.1, 0.15) is 24.3 Å². The number of benzene rings is 3. The van der Waals surface area contributed by atoms with Gasteiger partial charge in [0.2, 0.25) is 0 Å². The Morgan fingerprint density at radius 3 is 2.73 bits per heavy atom. The quantitative estimate of drug-likeness (QED) is 0.169. The van der Waals surface area contributed by atoms with E-state index in [4.69, 9.17) is 20.8 Å². The molecular formula is C31H30ClFN4O2S. The van der Waals surface area contributed by atoms with Gasteiger partial charge in [-0.3, -0.25) is 4.90 Å². The standard InChI is InChI=1S/C31H30ClFN4O2S/c1-4-37(2)27(18-40-3)30-13-12-28(39-30)21-8-10-26-24(15-21)31(35-19-34-26)36-23-9-11-29(25(32)16-23)38-17-20-6-5-7-22(33)14-20/h5-16,19,27H,4,17-18H2,1-3H3,(H,34,35,36)/t27-/m0/s1. The van der Waals surface area contributed by atoms with E-state index in [1.807, 2.05) is 30.3 Å². The van der Waals surface area contributed by atoms with Crippen LogP contribution in [0.4, 0.5) is 15.9 Å². The third-order valence-corrected chi connectivity index (χ3v) is 7.65. The zero-order valence-electron chi connectivity index (χ0n) is 22.5. The molecule has 0 amide bonds. The summed E-state index contributed by atoms with van der Waals surface area (Å²) in [5.41, 5.74) is 3.22. The van der Waals surface area contributed by atoms with Gasteiger partial charge in [-0.15, -0.1) is 0 Å². The average Bonchev–Trinajstić information content (AvgIpc) is 3.45. The minimum absolute atomic E-state index is 0.209. The molecule has 3 aromatic carbocycles. The van der Waals surface area contributed by atoms with Gasteiger partial charge in [0.05, 0.1) is 16.6 Å². The number of nitrogens with one attached hydrogen (secondary N) is 1. The summed E-state index contributed by atoms with van der Waals surface area (Å²) in [5.74, 6) is 3.55. The minimum Gasteiger partial charge on any atom is -0.487 e. The molecule has 5 rings (SSSR count). The molecule has 0 aliphatic heterocycles. The van der Waals surface area contributed by atoms with Crippen molar-refractivity contribution in [2.75, 3.05) is 30.9 Å². The van der Waals surface area contributed by atoms with Crippen LogP contribution in [0.25, 0.3) is 22.2 Å². The third-order valence-electron chi connectivity index (χ3n) is 6.71. The molecular weight excluding hydrogens is 547 g/mol. The summed E-state index contributed by atoms with van der Waals surface area (Å²) in [6, 6.07) is 22.0. The second-order valence-electron chi connectivity index (χ2n) is 9.39. The number of furan rings is 1. The normalized spacial score (nSPS) is 12.2.